The van der Waals surface area contributed by atoms with E-state index < -0.39 is 0 Å². The van der Waals surface area contributed by atoms with Gasteiger partial charge >= 0.3 is 0 Å². The maximum Gasteiger partial charge on any atom is 0.228 e. The average Bonchev–Trinajstić information content (AvgIpc) is 3.47. The summed E-state index contributed by atoms with van der Waals surface area (Å²) in [5.41, 5.74) is 3.09. The van der Waals surface area contributed by atoms with Crippen LogP contribution in [-0.4, -0.2) is 37.1 Å². The minimum atomic E-state index is 0.0594. The zero-order valence-corrected chi connectivity index (χ0v) is 15.4. The highest BCUT2D eigenvalue weighted by Gasteiger charge is 2.43. The van der Waals surface area contributed by atoms with Crippen molar-refractivity contribution in [2.75, 3.05) is 31.6 Å². The first-order valence-corrected chi connectivity index (χ1v) is 9.53. The molecule has 5 heteroatoms. The zero-order chi connectivity index (χ0) is 17.9. The van der Waals surface area contributed by atoms with Crippen LogP contribution in [0.5, 0.6) is 0 Å². The van der Waals surface area contributed by atoms with Gasteiger partial charge in [0.25, 0.3) is 0 Å². The number of halogens is 1. The molecule has 1 N–H and O–H groups in total. The van der Waals surface area contributed by atoms with Crippen molar-refractivity contribution in [3.05, 3.63) is 64.7 Å². The van der Waals surface area contributed by atoms with E-state index >= 15 is 0 Å². The number of nitrogens with zero attached hydrogens (tertiary/aromatic N) is 1. The summed E-state index contributed by atoms with van der Waals surface area (Å²) < 4.78 is 5.38. The Morgan fingerprint density at radius 1 is 1.15 bits per heavy atom. The van der Waals surface area contributed by atoms with Gasteiger partial charge in [-0.05, 0) is 35.6 Å². The monoisotopic (exact) mass is 370 g/mol. The molecule has 1 heterocycles. The normalized spacial score (nSPS) is 22.8. The fourth-order valence-electron chi connectivity index (χ4n) is 3.54. The molecule has 136 valence electrons. The van der Waals surface area contributed by atoms with Crippen molar-refractivity contribution in [1.82, 2.24) is 4.90 Å². The number of rotatable bonds is 5. The Kier molecular flexibility index (Phi) is 5.25. The summed E-state index contributed by atoms with van der Waals surface area (Å²) in [6.07, 6.45) is 0.915. The molecule has 4 rings (SSSR count). The van der Waals surface area contributed by atoms with Gasteiger partial charge in [0.2, 0.25) is 5.91 Å². The Bertz CT molecular complexity index is 775. The number of carbonyl (C=O) groups is 1. The number of hydrogen-bond donors (Lipinski definition) is 1. The van der Waals surface area contributed by atoms with Gasteiger partial charge in [0.15, 0.2) is 0 Å². The number of carbonyl (C=O) groups excluding carboxylic acids is 1. The Labute approximate surface area is 159 Å². The smallest absolute Gasteiger partial charge is 0.228 e. The van der Waals surface area contributed by atoms with Crippen LogP contribution in [0.15, 0.2) is 48.5 Å². The lowest BCUT2D eigenvalue weighted by Crippen LogP contribution is -2.35. The third-order valence-corrected chi connectivity index (χ3v) is 5.53. The molecule has 0 bridgehead atoms. The van der Waals surface area contributed by atoms with Crippen LogP contribution in [0.3, 0.4) is 0 Å². The molecule has 1 aliphatic heterocycles. The number of morpholine rings is 1. The summed E-state index contributed by atoms with van der Waals surface area (Å²) in [6, 6.07) is 16.0. The zero-order valence-electron chi connectivity index (χ0n) is 14.7. The van der Waals surface area contributed by atoms with E-state index in [4.69, 9.17) is 16.3 Å². The van der Waals surface area contributed by atoms with Crippen LogP contribution in [0.4, 0.5) is 5.69 Å². The van der Waals surface area contributed by atoms with Crippen molar-refractivity contribution in [2.45, 2.75) is 18.9 Å². The lowest BCUT2D eigenvalue weighted by atomic mass is 10.1. The lowest BCUT2D eigenvalue weighted by Gasteiger charge is -2.27. The van der Waals surface area contributed by atoms with Crippen molar-refractivity contribution in [3.8, 4) is 0 Å². The molecular weight excluding hydrogens is 348 g/mol. The highest BCUT2D eigenvalue weighted by atomic mass is 35.5. The highest BCUT2D eigenvalue weighted by molar-refractivity contribution is 6.31. The third kappa shape index (κ3) is 4.09. The van der Waals surface area contributed by atoms with Crippen LogP contribution in [0.25, 0.3) is 0 Å². The summed E-state index contributed by atoms with van der Waals surface area (Å²) in [5.74, 6) is 0.479. The summed E-state index contributed by atoms with van der Waals surface area (Å²) in [5, 5.41) is 3.72. The van der Waals surface area contributed by atoms with E-state index in [0.717, 1.165) is 50.5 Å². The van der Waals surface area contributed by atoms with E-state index in [0.29, 0.717) is 10.9 Å². The maximum atomic E-state index is 12.5. The minimum absolute atomic E-state index is 0.0594. The van der Waals surface area contributed by atoms with Crippen LogP contribution >= 0.6 is 11.6 Å². The first-order valence-electron chi connectivity index (χ1n) is 9.15. The molecule has 1 aliphatic carbocycles. The van der Waals surface area contributed by atoms with Crippen LogP contribution in [0.2, 0.25) is 5.02 Å². The molecule has 2 fully saturated rings. The van der Waals surface area contributed by atoms with Crippen molar-refractivity contribution >= 4 is 23.2 Å². The van der Waals surface area contributed by atoms with E-state index in [1.807, 2.05) is 36.4 Å². The van der Waals surface area contributed by atoms with Crippen LogP contribution in [0.1, 0.15) is 23.5 Å². The third-order valence-electron chi connectivity index (χ3n) is 5.17. The highest BCUT2D eigenvalue weighted by Crippen LogP contribution is 2.47. The Hall–Kier alpha value is -1.88. The average molecular weight is 371 g/mol. The number of nitrogens with one attached hydrogen (secondary N) is 1. The molecule has 2 aliphatic rings. The fourth-order valence-corrected chi connectivity index (χ4v) is 3.78. The molecular formula is C21H23ClN2O2. The predicted octanol–water partition coefficient (Wildman–Crippen LogP) is 3.91. The molecule has 1 saturated heterocycles. The second-order valence-electron chi connectivity index (χ2n) is 7.04. The molecule has 0 spiro atoms. The van der Waals surface area contributed by atoms with Gasteiger partial charge in [0.1, 0.15) is 0 Å². The molecule has 2 atom stereocenters. The van der Waals surface area contributed by atoms with E-state index in [-0.39, 0.29) is 11.8 Å². The Balaban J connectivity index is 1.35. The van der Waals surface area contributed by atoms with E-state index in [1.165, 1.54) is 5.56 Å². The molecule has 1 amide bonds. The van der Waals surface area contributed by atoms with Gasteiger partial charge in [-0.1, -0.05) is 48.0 Å². The molecule has 1 saturated carbocycles. The number of ether oxygens (including phenoxy) is 1. The molecule has 4 nitrogen and oxygen atoms in total. The topological polar surface area (TPSA) is 41.6 Å². The molecule has 2 aromatic rings. The van der Waals surface area contributed by atoms with E-state index in [1.54, 1.807) is 0 Å². The number of benzene rings is 2. The summed E-state index contributed by atoms with van der Waals surface area (Å²) in [4.78, 5) is 14.8. The standard InChI is InChI=1S/C21H23ClN2O2/c22-20-12-17(7-6-16(20)14-24-8-10-26-11-9-24)23-21(25)19-13-18(19)15-4-2-1-3-5-15/h1-7,12,18-19H,8-11,13-14H2,(H,23,25). The lowest BCUT2D eigenvalue weighted by molar-refractivity contribution is -0.117. The predicted molar refractivity (Wildman–Crippen MR) is 103 cm³/mol. The van der Waals surface area contributed by atoms with E-state index in [2.05, 4.69) is 22.3 Å². The quantitative estimate of drug-likeness (QED) is 0.867. The largest absolute Gasteiger partial charge is 0.379 e. The molecule has 2 unspecified atom stereocenters. The molecule has 0 radical (unpaired) electrons. The maximum absolute atomic E-state index is 12.5. The van der Waals surface area contributed by atoms with Crippen molar-refractivity contribution < 1.29 is 9.53 Å². The SMILES string of the molecule is O=C(Nc1ccc(CN2CCOCC2)c(Cl)c1)C1CC1c1ccccc1. The fraction of sp³-hybridized carbons (Fsp3) is 0.381. The van der Waals surface area contributed by atoms with Gasteiger partial charge in [0.05, 0.1) is 13.2 Å². The van der Waals surface area contributed by atoms with Crippen LogP contribution < -0.4 is 5.32 Å². The van der Waals surface area contributed by atoms with Gasteiger partial charge in [0, 0.05) is 36.3 Å². The second kappa shape index (κ2) is 7.78. The van der Waals surface area contributed by atoms with Gasteiger partial charge in [-0.25, -0.2) is 0 Å². The summed E-state index contributed by atoms with van der Waals surface area (Å²) in [7, 11) is 0. The van der Waals surface area contributed by atoms with Crippen molar-refractivity contribution in [1.29, 1.82) is 0 Å². The van der Waals surface area contributed by atoms with Gasteiger partial charge in [-0.15, -0.1) is 0 Å². The molecule has 26 heavy (non-hydrogen) atoms. The van der Waals surface area contributed by atoms with E-state index in [9.17, 15) is 4.79 Å². The number of anilines is 1. The molecule has 0 aromatic heterocycles. The second-order valence-corrected chi connectivity index (χ2v) is 7.45. The number of hydrogen-bond acceptors (Lipinski definition) is 3. The van der Waals surface area contributed by atoms with Crippen molar-refractivity contribution in [2.24, 2.45) is 5.92 Å². The van der Waals surface area contributed by atoms with Crippen LogP contribution in [0, 0.1) is 5.92 Å². The Morgan fingerprint density at radius 3 is 2.65 bits per heavy atom. The Morgan fingerprint density at radius 2 is 1.92 bits per heavy atom. The van der Waals surface area contributed by atoms with Gasteiger partial charge in [-0.2, -0.15) is 0 Å². The van der Waals surface area contributed by atoms with Crippen molar-refractivity contribution in [3.63, 3.8) is 0 Å². The first-order chi connectivity index (χ1) is 12.7. The minimum Gasteiger partial charge on any atom is -0.379 e. The first kappa shape index (κ1) is 17.5. The van der Waals surface area contributed by atoms with Gasteiger partial charge in [-0.3, -0.25) is 9.69 Å². The van der Waals surface area contributed by atoms with Gasteiger partial charge < -0.3 is 10.1 Å². The van der Waals surface area contributed by atoms with Crippen LogP contribution in [-0.2, 0) is 16.1 Å². The molecule has 2 aromatic carbocycles. The summed E-state index contributed by atoms with van der Waals surface area (Å²) >= 11 is 6.44. The number of amides is 1. The summed E-state index contributed by atoms with van der Waals surface area (Å²) in [6.45, 7) is 4.22.